The largest absolute Gasteiger partial charge is 0.355 e. The van der Waals surface area contributed by atoms with Crippen LogP contribution in [0.25, 0.3) is 0 Å². The molecule has 0 amide bonds. The van der Waals surface area contributed by atoms with Gasteiger partial charge >= 0.3 is 0 Å². The Balaban J connectivity index is 1.83. The highest BCUT2D eigenvalue weighted by Crippen LogP contribution is 2.33. The lowest BCUT2D eigenvalue weighted by molar-refractivity contribution is 0.453. The van der Waals surface area contributed by atoms with Gasteiger partial charge in [0.25, 0.3) is 0 Å². The first-order valence-corrected chi connectivity index (χ1v) is 8.27. The molecular formula is C15H19Cl2N5. The Morgan fingerprint density at radius 2 is 2.14 bits per heavy atom. The van der Waals surface area contributed by atoms with Crippen molar-refractivity contribution >= 4 is 29.0 Å². The number of halogens is 2. The van der Waals surface area contributed by atoms with Crippen LogP contribution in [0.3, 0.4) is 0 Å². The molecule has 1 fully saturated rings. The fourth-order valence-electron chi connectivity index (χ4n) is 2.96. The van der Waals surface area contributed by atoms with Crippen LogP contribution in [0.15, 0.2) is 18.6 Å². The standard InChI is InChI=1S/C15H19Cl2N5/c1-10(2)22-9-19-20-14(22)11-4-3-5-21(8-11)15-13(17)6-12(16)7-18-15/h6-7,9-11H,3-5,8H2,1-2H3/t11-/m0/s1. The van der Waals surface area contributed by atoms with Gasteiger partial charge in [-0.05, 0) is 32.8 Å². The summed E-state index contributed by atoms with van der Waals surface area (Å²) in [4.78, 5) is 6.61. The summed E-state index contributed by atoms with van der Waals surface area (Å²) < 4.78 is 2.14. The third kappa shape index (κ3) is 3.06. The van der Waals surface area contributed by atoms with E-state index in [-0.39, 0.29) is 0 Å². The van der Waals surface area contributed by atoms with Crippen LogP contribution in [0.1, 0.15) is 44.5 Å². The summed E-state index contributed by atoms with van der Waals surface area (Å²) in [6.07, 6.45) is 5.64. The molecule has 1 aliphatic heterocycles. The average Bonchev–Trinajstić information content (AvgIpc) is 2.97. The van der Waals surface area contributed by atoms with Crippen LogP contribution >= 0.6 is 23.2 Å². The molecule has 3 rings (SSSR count). The maximum Gasteiger partial charge on any atom is 0.147 e. The molecule has 0 bridgehead atoms. The maximum atomic E-state index is 6.30. The van der Waals surface area contributed by atoms with Gasteiger partial charge in [0.2, 0.25) is 0 Å². The van der Waals surface area contributed by atoms with Crippen molar-refractivity contribution in [3.63, 3.8) is 0 Å². The smallest absolute Gasteiger partial charge is 0.147 e. The van der Waals surface area contributed by atoms with E-state index in [1.54, 1.807) is 12.3 Å². The van der Waals surface area contributed by atoms with E-state index < -0.39 is 0 Å². The summed E-state index contributed by atoms with van der Waals surface area (Å²) in [6, 6.07) is 2.10. The van der Waals surface area contributed by atoms with Gasteiger partial charge in [0, 0.05) is 31.2 Å². The lowest BCUT2D eigenvalue weighted by atomic mass is 9.97. The van der Waals surface area contributed by atoms with E-state index in [0.29, 0.717) is 22.0 Å². The topological polar surface area (TPSA) is 46.8 Å². The summed E-state index contributed by atoms with van der Waals surface area (Å²) in [5.41, 5.74) is 0. The zero-order valence-electron chi connectivity index (χ0n) is 12.7. The van der Waals surface area contributed by atoms with Gasteiger partial charge in [0.1, 0.15) is 18.0 Å². The lowest BCUT2D eigenvalue weighted by Crippen LogP contribution is -2.36. The molecule has 118 valence electrons. The third-order valence-corrected chi connectivity index (χ3v) is 4.52. The van der Waals surface area contributed by atoms with Gasteiger partial charge in [0.05, 0.1) is 10.0 Å². The van der Waals surface area contributed by atoms with Crippen molar-refractivity contribution in [2.75, 3.05) is 18.0 Å². The fraction of sp³-hybridized carbons (Fsp3) is 0.533. The molecule has 5 nitrogen and oxygen atoms in total. The highest BCUT2D eigenvalue weighted by molar-refractivity contribution is 6.36. The number of anilines is 1. The van der Waals surface area contributed by atoms with Crippen molar-refractivity contribution in [1.82, 2.24) is 19.7 Å². The number of pyridine rings is 1. The lowest BCUT2D eigenvalue weighted by Gasteiger charge is -2.34. The van der Waals surface area contributed by atoms with E-state index in [2.05, 4.69) is 38.5 Å². The van der Waals surface area contributed by atoms with E-state index in [0.717, 1.165) is 37.6 Å². The first-order chi connectivity index (χ1) is 10.6. The monoisotopic (exact) mass is 339 g/mol. The van der Waals surface area contributed by atoms with Crippen LogP contribution in [-0.4, -0.2) is 32.8 Å². The van der Waals surface area contributed by atoms with Gasteiger partial charge in [0.15, 0.2) is 0 Å². The van der Waals surface area contributed by atoms with Crippen LogP contribution in [-0.2, 0) is 0 Å². The molecule has 0 radical (unpaired) electrons. The van der Waals surface area contributed by atoms with Gasteiger partial charge in [-0.15, -0.1) is 10.2 Å². The van der Waals surface area contributed by atoms with Crippen LogP contribution in [0.5, 0.6) is 0 Å². The number of hydrogen-bond acceptors (Lipinski definition) is 4. The van der Waals surface area contributed by atoms with Crippen LogP contribution in [0.2, 0.25) is 10.0 Å². The molecule has 2 aromatic rings. The van der Waals surface area contributed by atoms with Crippen molar-refractivity contribution in [1.29, 1.82) is 0 Å². The number of piperidine rings is 1. The minimum atomic E-state index is 0.340. The van der Waals surface area contributed by atoms with E-state index >= 15 is 0 Å². The fourth-order valence-corrected chi connectivity index (χ4v) is 3.46. The number of aromatic nitrogens is 4. The number of hydrogen-bond donors (Lipinski definition) is 0. The highest BCUT2D eigenvalue weighted by atomic mass is 35.5. The molecule has 1 saturated heterocycles. The van der Waals surface area contributed by atoms with E-state index in [4.69, 9.17) is 23.2 Å². The first-order valence-electron chi connectivity index (χ1n) is 7.51. The molecular weight excluding hydrogens is 321 g/mol. The van der Waals surface area contributed by atoms with Crippen molar-refractivity contribution in [2.24, 2.45) is 0 Å². The molecule has 2 aromatic heterocycles. The van der Waals surface area contributed by atoms with Crippen LogP contribution < -0.4 is 4.90 Å². The molecule has 3 heterocycles. The molecule has 0 unspecified atom stereocenters. The second kappa shape index (κ2) is 6.42. The minimum Gasteiger partial charge on any atom is -0.355 e. The normalized spacial score (nSPS) is 19.0. The maximum absolute atomic E-state index is 6.30. The Kier molecular flexibility index (Phi) is 4.54. The Hall–Kier alpha value is -1.33. The quantitative estimate of drug-likeness (QED) is 0.849. The van der Waals surface area contributed by atoms with Gasteiger partial charge in [-0.25, -0.2) is 4.98 Å². The Bertz CT molecular complexity index is 655. The Morgan fingerprint density at radius 1 is 1.32 bits per heavy atom. The molecule has 0 spiro atoms. The van der Waals surface area contributed by atoms with E-state index in [1.165, 1.54) is 0 Å². The Morgan fingerprint density at radius 3 is 2.86 bits per heavy atom. The first kappa shape index (κ1) is 15.6. The Labute approximate surface area is 140 Å². The predicted molar refractivity (Wildman–Crippen MR) is 88.9 cm³/mol. The molecule has 7 heteroatoms. The summed E-state index contributed by atoms with van der Waals surface area (Å²) in [6.45, 7) is 6.08. The van der Waals surface area contributed by atoms with Crippen molar-refractivity contribution in [2.45, 2.75) is 38.6 Å². The zero-order valence-corrected chi connectivity index (χ0v) is 14.2. The van der Waals surface area contributed by atoms with Gasteiger partial charge in [-0.2, -0.15) is 0 Å². The van der Waals surface area contributed by atoms with E-state index in [9.17, 15) is 0 Å². The minimum absolute atomic E-state index is 0.340. The number of nitrogens with zero attached hydrogens (tertiary/aromatic N) is 5. The van der Waals surface area contributed by atoms with Crippen molar-refractivity contribution in [3.8, 4) is 0 Å². The van der Waals surface area contributed by atoms with Crippen molar-refractivity contribution in [3.05, 3.63) is 34.5 Å². The van der Waals surface area contributed by atoms with Gasteiger partial charge in [-0.3, -0.25) is 0 Å². The zero-order chi connectivity index (χ0) is 15.7. The summed E-state index contributed by atoms with van der Waals surface area (Å²) in [5, 5.41) is 9.57. The summed E-state index contributed by atoms with van der Waals surface area (Å²) in [7, 11) is 0. The summed E-state index contributed by atoms with van der Waals surface area (Å²) in [5.74, 6) is 2.18. The SMILES string of the molecule is CC(C)n1cnnc1[C@H]1CCCN(c2ncc(Cl)cc2Cl)C1. The average molecular weight is 340 g/mol. The van der Waals surface area contributed by atoms with Gasteiger partial charge < -0.3 is 9.47 Å². The molecule has 0 saturated carbocycles. The highest BCUT2D eigenvalue weighted by Gasteiger charge is 2.27. The van der Waals surface area contributed by atoms with Gasteiger partial charge in [-0.1, -0.05) is 23.2 Å². The molecule has 0 aliphatic carbocycles. The van der Waals surface area contributed by atoms with Crippen LogP contribution in [0, 0.1) is 0 Å². The predicted octanol–water partition coefficient (Wildman–Crippen LogP) is 3.94. The molecule has 1 atom stereocenters. The molecule has 1 aliphatic rings. The van der Waals surface area contributed by atoms with Crippen molar-refractivity contribution < 1.29 is 0 Å². The molecule has 0 N–H and O–H groups in total. The molecule has 0 aromatic carbocycles. The van der Waals surface area contributed by atoms with Crippen LogP contribution in [0.4, 0.5) is 5.82 Å². The number of rotatable bonds is 3. The second-order valence-corrected chi connectivity index (χ2v) is 6.78. The summed E-state index contributed by atoms with van der Waals surface area (Å²) >= 11 is 12.2. The third-order valence-electron chi connectivity index (χ3n) is 4.03. The second-order valence-electron chi connectivity index (χ2n) is 5.93. The molecule has 22 heavy (non-hydrogen) atoms. The van der Waals surface area contributed by atoms with E-state index in [1.807, 2.05) is 6.33 Å².